The highest BCUT2D eigenvalue weighted by Crippen LogP contribution is 2.32. The predicted octanol–water partition coefficient (Wildman–Crippen LogP) is 2.11. The zero-order valence-corrected chi connectivity index (χ0v) is 12.4. The Kier molecular flexibility index (Phi) is 3.27. The minimum atomic E-state index is 0.118. The lowest BCUT2D eigenvalue weighted by molar-refractivity contribution is 0.432. The third kappa shape index (κ3) is 2.44. The van der Waals surface area contributed by atoms with Crippen molar-refractivity contribution in [2.75, 3.05) is 5.73 Å². The molecule has 0 aliphatic heterocycles. The van der Waals surface area contributed by atoms with Crippen molar-refractivity contribution in [2.45, 2.75) is 25.3 Å². The first-order valence-corrected chi connectivity index (χ1v) is 7.50. The molecule has 0 spiro atoms. The van der Waals surface area contributed by atoms with Gasteiger partial charge in [-0.05, 0) is 42.5 Å². The van der Waals surface area contributed by atoms with Gasteiger partial charge in [0.25, 0.3) is 5.89 Å². The van der Waals surface area contributed by atoms with E-state index in [4.69, 9.17) is 16.0 Å². The number of aromatic nitrogens is 4. The molecule has 2 aromatic heterocycles. The molecular formula is C16H16N6O. The number of fused-ring (bicyclic) bond motifs is 1. The summed E-state index contributed by atoms with van der Waals surface area (Å²) in [5, 5.41) is 3.98. The first kappa shape index (κ1) is 13.8. The van der Waals surface area contributed by atoms with Gasteiger partial charge in [-0.15, -0.1) is 0 Å². The van der Waals surface area contributed by atoms with Gasteiger partial charge in [0.2, 0.25) is 5.82 Å². The summed E-state index contributed by atoms with van der Waals surface area (Å²) in [7, 11) is 0. The van der Waals surface area contributed by atoms with Gasteiger partial charge in [-0.1, -0.05) is 11.2 Å². The fraction of sp³-hybridized carbons (Fsp3) is 0.250. The number of aryl methyl sites for hydroxylation is 1. The number of benzene rings is 1. The predicted molar refractivity (Wildman–Crippen MR) is 85.0 cm³/mol. The van der Waals surface area contributed by atoms with Crippen LogP contribution in [-0.2, 0) is 6.42 Å². The van der Waals surface area contributed by atoms with Crippen molar-refractivity contribution in [3.8, 4) is 22.8 Å². The third-order valence-electron chi connectivity index (χ3n) is 4.16. The smallest absolute Gasteiger partial charge is 0.258 e. The van der Waals surface area contributed by atoms with Crippen LogP contribution in [0.5, 0.6) is 0 Å². The van der Waals surface area contributed by atoms with E-state index < -0.39 is 0 Å². The van der Waals surface area contributed by atoms with E-state index in [-0.39, 0.29) is 6.04 Å². The van der Waals surface area contributed by atoms with Crippen LogP contribution in [0.1, 0.15) is 30.0 Å². The SMILES string of the molecule is Nc1ncncc1-c1noc(-c2ccc3c(c2)CCCC3N)n1. The average molecular weight is 308 g/mol. The number of hydrogen-bond acceptors (Lipinski definition) is 7. The summed E-state index contributed by atoms with van der Waals surface area (Å²) in [5.41, 5.74) is 15.9. The van der Waals surface area contributed by atoms with E-state index in [2.05, 4.69) is 32.2 Å². The van der Waals surface area contributed by atoms with Crippen LogP contribution in [0.2, 0.25) is 0 Å². The van der Waals surface area contributed by atoms with Gasteiger partial charge in [0.15, 0.2) is 0 Å². The highest BCUT2D eigenvalue weighted by atomic mass is 16.5. The molecule has 0 amide bonds. The van der Waals surface area contributed by atoms with E-state index in [1.807, 2.05) is 6.07 Å². The van der Waals surface area contributed by atoms with Crippen LogP contribution in [-0.4, -0.2) is 20.1 Å². The maximum Gasteiger partial charge on any atom is 0.258 e. The molecule has 1 aliphatic carbocycles. The minimum absolute atomic E-state index is 0.118. The maximum atomic E-state index is 6.15. The van der Waals surface area contributed by atoms with Gasteiger partial charge in [0.1, 0.15) is 12.1 Å². The zero-order chi connectivity index (χ0) is 15.8. The molecule has 116 valence electrons. The van der Waals surface area contributed by atoms with E-state index in [0.717, 1.165) is 24.8 Å². The van der Waals surface area contributed by atoms with Crippen molar-refractivity contribution < 1.29 is 4.52 Å². The highest BCUT2D eigenvalue weighted by Gasteiger charge is 2.19. The van der Waals surface area contributed by atoms with Crippen LogP contribution >= 0.6 is 0 Å². The summed E-state index contributed by atoms with van der Waals surface area (Å²) in [6.45, 7) is 0. The third-order valence-corrected chi connectivity index (χ3v) is 4.16. The number of nitrogens with zero attached hydrogens (tertiary/aromatic N) is 4. The Balaban J connectivity index is 1.71. The largest absolute Gasteiger partial charge is 0.383 e. The summed E-state index contributed by atoms with van der Waals surface area (Å²) in [6.07, 6.45) is 6.11. The molecule has 1 aromatic carbocycles. The van der Waals surface area contributed by atoms with E-state index in [9.17, 15) is 0 Å². The van der Waals surface area contributed by atoms with Crippen molar-refractivity contribution >= 4 is 5.82 Å². The molecule has 4 rings (SSSR count). The van der Waals surface area contributed by atoms with Gasteiger partial charge in [-0.25, -0.2) is 9.97 Å². The summed E-state index contributed by atoms with van der Waals surface area (Å²) < 4.78 is 5.37. The maximum absolute atomic E-state index is 6.15. The molecule has 2 heterocycles. The summed E-state index contributed by atoms with van der Waals surface area (Å²) >= 11 is 0. The molecule has 0 radical (unpaired) electrons. The molecule has 1 aliphatic rings. The average Bonchev–Trinajstić information content (AvgIpc) is 3.05. The van der Waals surface area contributed by atoms with Crippen LogP contribution < -0.4 is 11.5 Å². The standard InChI is InChI=1S/C16H16N6O/c17-13-3-1-2-9-6-10(4-5-11(9)13)16-21-15(22-23-16)12-7-19-8-20-14(12)18/h4-8,13H,1-3,17H2,(H2,18,19,20). The van der Waals surface area contributed by atoms with Crippen molar-refractivity contribution in [1.29, 1.82) is 0 Å². The zero-order valence-electron chi connectivity index (χ0n) is 12.4. The van der Waals surface area contributed by atoms with Gasteiger partial charge >= 0.3 is 0 Å². The van der Waals surface area contributed by atoms with Gasteiger partial charge in [-0.2, -0.15) is 4.98 Å². The molecule has 0 bridgehead atoms. The summed E-state index contributed by atoms with van der Waals surface area (Å²) in [6, 6.07) is 6.22. The fourth-order valence-corrected chi connectivity index (χ4v) is 2.95. The van der Waals surface area contributed by atoms with Gasteiger partial charge in [0, 0.05) is 17.8 Å². The Morgan fingerprint density at radius 2 is 2.17 bits per heavy atom. The Bertz CT molecular complexity index is 859. The van der Waals surface area contributed by atoms with Crippen LogP contribution in [0.3, 0.4) is 0 Å². The molecule has 7 nitrogen and oxygen atoms in total. The van der Waals surface area contributed by atoms with Crippen LogP contribution in [0.25, 0.3) is 22.8 Å². The molecule has 23 heavy (non-hydrogen) atoms. The topological polar surface area (TPSA) is 117 Å². The second kappa shape index (κ2) is 5.44. The number of anilines is 1. The van der Waals surface area contributed by atoms with Crippen LogP contribution in [0, 0.1) is 0 Å². The van der Waals surface area contributed by atoms with E-state index >= 15 is 0 Å². The number of hydrogen-bond donors (Lipinski definition) is 2. The molecule has 7 heteroatoms. The number of nitrogen functional groups attached to an aromatic ring is 1. The number of rotatable bonds is 2. The van der Waals surface area contributed by atoms with Crippen LogP contribution in [0.15, 0.2) is 35.2 Å². The second-order valence-electron chi connectivity index (χ2n) is 5.66. The Morgan fingerprint density at radius 3 is 3.04 bits per heavy atom. The van der Waals surface area contributed by atoms with Gasteiger partial charge in [0.05, 0.1) is 5.56 Å². The van der Waals surface area contributed by atoms with Crippen molar-refractivity contribution in [3.05, 3.63) is 41.9 Å². The minimum Gasteiger partial charge on any atom is -0.383 e. The molecule has 4 N–H and O–H groups in total. The molecule has 1 unspecified atom stereocenters. The van der Waals surface area contributed by atoms with Crippen molar-refractivity contribution in [3.63, 3.8) is 0 Å². The fourth-order valence-electron chi connectivity index (χ4n) is 2.95. The monoisotopic (exact) mass is 308 g/mol. The van der Waals surface area contributed by atoms with E-state index in [1.54, 1.807) is 6.20 Å². The number of nitrogens with two attached hydrogens (primary N) is 2. The van der Waals surface area contributed by atoms with Gasteiger partial charge in [-0.3, -0.25) is 0 Å². The Labute approximate surface area is 132 Å². The van der Waals surface area contributed by atoms with E-state index in [1.165, 1.54) is 17.5 Å². The second-order valence-corrected chi connectivity index (χ2v) is 5.66. The Hall–Kier alpha value is -2.80. The summed E-state index contributed by atoms with van der Waals surface area (Å²) in [4.78, 5) is 12.3. The quantitative estimate of drug-likeness (QED) is 0.744. The highest BCUT2D eigenvalue weighted by molar-refractivity contribution is 5.68. The first-order valence-electron chi connectivity index (χ1n) is 7.50. The molecular weight excluding hydrogens is 292 g/mol. The molecule has 1 atom stereocenters. The lowest BCUT2D eigenvalue weighted by Crippen LogP contribution is -2.17. The molecule has 3 aromatic rings. The normalized spacial score (nSPS) is 17.0. The molecule has 0 saturated heterocycles. The molecule has 0 saturated carbocycles. The van der Waals surface area contributed by atoms with Gasteiger partial charge < -0.3 is 16.0 Å². The molecule has 0 fully saturated rings. The van der Waals surface area contributed by atoms with Crippen molar-refractivity contribution in [2.24, 2.45) is 5.73 Å². The summed E-state index contributed by atoms with van der Waals surface area (Å²) in [5.74, 6) is 1.15. The lowest BCUT2D eigenvalue weighted by atomic mass is 9.87. The first-order chi connectivity index (χ1) is 11.2. The Morgan fingerprint density at radius 1 is 1.26 bits per heavy atom. The van der Waals surface area contributed by atoms with Crippen molar-refractivity contribution in [1.82, 2.24) is 20.1 Å². The van der Waals surface area contributed by atoms with E-state index in [0.29, 0.717) is 23.1 Å². The lowest BCUT2D eigenvalue weighted by Gasteiger charge is -2.22. The van der Waals surface area contributed by atoms with Crippen LogP contribution in [0.4, 0.5) is 5.82 Å².